The number of ether oxygens (including phenoxy) is 2. The van der Waals surface area contributed by atoms with E-state index >= 15 is 0 Å². The van der Waals surface area contributed by atoms with Gasteiger partial charge in [0.2, 0.25) is 5.90 Å². The Hall–Kier alpha value is -2.63. The maximum atomic E-state index is 12.1. The van der Waals surface area contributed by atoms with Crippen LogP contribution in [0.5, 0.6) is 5.75 Å². The van der Waals surface area contributed by atoms with Gasteiger partial charge >= 0.3 is 5.97 Å². The van der Waals surface area contributed by atoms with Crippen molar-refractivity contribution in [2.45, 2.75) is 0 Å². The van der Waals surface area contributed by atoms with Gasteiger partial charge in [-0.1, -0.05) is 45.7 Å². The van der Waals surface area contributed by atoms with Gasteiger partial charge in [-0.3, -0.25) is 0 Å². The molecular weight excluding hydrogens is 430 g/mol. The summed E-state index contributed by atoms with van der Waals surface area (Å²) in [6.45, 7) is 0. The van der Waals surface area contributed by atoms with E-state index in [1.165, 1.54) is 13.2 Å². The average Bonchev–Trinajstić information content (AvgIpc) is 2.70. The van der Waals surface area contributed by atoms with Crippen LogP contribution in [0.25, 0.3) is 0 Å². The van der Waals surface area contributed by atoms with Crippen molar-refractivity contribution in [1.29, 1.82) is 0 Å². The topological polar surface area (TPSA) is 47.9 Å². The lowest BCUT2D eigenvalue weighted by atomic mass is 10.2. The fraction of sp³-hybridized carbons (Fsp3) is 0.0476. The number of methoxy groups -OCH3 is 1. The standard InChI is InChI=1S/C21H15BrClNO3/c1-26-21(25)18-13-16(23)9-12-19(18)27-20(14-5-3-2-4-6-14)24-17-10-7-15(22)8-11-17/h2-13H,1H3. The van der Waals surface area contributed by atoms with Gasteiger partial charge in [-0.05, 0) is 54.6 Å². The first-order valence-corrected chi connectivity index (χ1v) is 9.19. The number of carbonyl (C=O) groups is 1. The van der Waals surface area contributed by atoms with Crippen LogP contribution in [0.4, 0.5) is 5.69 Å². The summed E-state index contributed by atoms with van der Waals surface area (Å²) in [5, 5.41) is 0.411. The molecule has 0 unspecified atom stereocenters. The monoisotopic (exact) mass is 443 g/mol. The molecule has 3 aromatic carbocycles. The SMILES string of the molecule is COC(=O)c1cc(Cl)ccc1OC(=Nc1ccc(Br)cc1)c1ccccc1. The Bertz CT molecular complexity index is 972. The number of carbonyl (C=O) groups excluding carboxylic acids is 1. The van der Waals surface area contributed by atoms with Crippen molar-refractivity contribution in [2.24, 2.45) is 4.99 Å². The summed E-state index contributed by atoms with van der Waals surface area (Å²) < 4.78 is 11.8. The lowest BCUT2D eigenvalue weighted by Crippen LogP contribution is -2.13. The summed E-state index contributed by atoms with van der Waals surface area (Å²) in [5.41, 5.74) is 1.71. The van der Waals surface area contributed by atoms with Gasteiger partial charge in [-0.25, -0.2) is 9.79 Å². The number of aliphatic imine (C=N–C) groups is 1. The fourth-order valence-corrected chi connectivity index (χ4v) is 2.76. The predicted octanol–water partition coefficient (Wildman–Crippen LogP) is 6.05. The van der Waals surface area contributed by atoms with Crippen molar-refractivity contribution in [2.75, 3.05) is 7.11 Å². The van der Waals surface area contributed by atoms with Crippen molar-refractivity contribution in [3.63, 3.8) is 0 Å². The average molecular weight is 445 g/mol. The molecule has 0 N–H and O–H groups in total. The first-order chi connectivity index (χ1) is 13.1. The zero-order chi connectivity index (χ0) is 19.2. The molecule has 0 aliphatic heterocycles. The van der Waals surface area contributed by atoms with Crippen molar-refractivity contribution >= 4 is 45.1 Å². The molecule has 0 saturated carbocycles. The largest absolute Gasteiger partial charge is 0.465 e. The quantitative estimate of drug-likeness (QED) is 0.280. The van der Waals surface area contributed by atoms with Crippen LogP contribution in [-0.4, -0.2) is 19.0 Å². The molecule has 27 heavy (non-hydrogen) atoms. The van der Waals surface area contributed by atoms with Crippen LogP contribution in [-0.2, 0) is 4.74 Å². The molecule has 4 nitrogen and oxygen atoms in total. The Labute approximate surface area is 170 Å². The van der Waals surface area contributed by atoms with Gasteiger partial charge in [0.25, 0.3) is 0 Å². The summed E-state index contributed by atoms with van der Waals surface area (Å²) in [6, 6.07) is 21.7. The molecule has 0 aliphatic rings. The second kappa shape index (κ2) is 8.84. The third-order valence-corrected chi connectivity index (χ3v) is 4.40. The second-order valence-electron chi connectivity index (χ2n) is 5.49. The van der Waals surface area contributed by atoms with Gasteiger partial charge in [0.1, 0.15) is 11.3 Å². The van der Waals surface area contributed by atoms with Crippen LogP contribution in [0, 0.1) is 0 Å². The van der Waals surface area contributed by atoms with Crippen molar-refractivity contribution in [1.82, 2.24) is 0 Å². The second-order valence-corrected chi connectivity index (χ2v) is 6.85. The van der Waals surface area contributed by atoms with E-state index < -0.39 is 5.97 Å². The van der Waals surface area contributed by atoms with Gasteiger partial charge < -0.3 is 9.47 Å². The number of hydrogen-bond donors (Lipinski definition) is 0. The first kappa shape index (κ1) is 19.1. The third kappa shape index (κ3) is 4.96. The van der Waals surface area contributed by atoms with Crippen LogP contribution in [0.3, 0.4) is 0 Å². The molecule has 0 atom stereocenters. The lowest BCUT2D eigenvalue weighted by Gasteiger charge is -2.13. The van der Waals surface area contributed by atoms with Crippen molar-refractivity contribution in [3.8, 4) is 5.75 Å². The molecule has 6 heteroatoms. The van der Waals surface area contributed by atoms with Crippen LogP contribution >= 0.6 is 27.5 Å². The van der Waals surface area contributed by atoms with Gasteiger partial charge in [0.15, 0.2) is 0 Å². The highest BCUT2D eigenvalue weighted by molar-refractivity contribution is 9.10. The molecule has 136 valence electrons. The molecule has 0 radical (unpaired) electrons. The summed E-state index contributed by atoms with van der Waals surface area (Å²) in [5.74, 6) is 0.125. The Kier molecular flexibility index (Phi) is 6.27. The van der Waals surface area contributed by atoms with Crippen LogP contribution in [0.2, 0.25) is 5.02 Å². The highest BCUT2D eigenvalue weighted by Crippen LogP contribution is 2.26. The van der Waals surface area contributed by atoms with E-state index in [2.05, 4.69) is 20.9 Å². The van der Waals surface area contributed by atoms with E-state index in [4.69, 9.17) is 21.1 Å². The molecule has 0 amide bonds. The van der Waals surface area contributed by atoms with E-state index in [1.807, 2.05) is 54.6 Å². The molecule has 0 fully saturated rings. The summed E-state index contributed by atoms with van der Waals surface area (Å²) >= 11 is 9.42. The highest BCUT2D eigenvalue weighted by Gasteiger charge is 2.17. The van der Waals surface area contributed by atoms with Crippen LogP contribution in [0.15, 0.2) is 82.3 Å². The molecule has 0 aliphatic carbocycles. The lowest BCUT2D eigenvalue weighted by molar-refractivity contribution is 0.0598. The normalized spacial score (nSPS) is 11.1. The maximum absolute atomic E-state index is 12.1. The van der Waals surface area contributed by atoms with Crippen LogP contribution in [0.1, 0.15) is 15.9 Å². The number of halogens is 2. The van der Waals surface area contributed by atoms with Gasteiger partial charge in [0.05, 0.1) is 12.8 Å². The Balaban J connectivity index is 2.05. The molecule has 0 heterocycles. The van der Waals surface area contributed by atoms with Gasteiger partial charge in [-0.15, -0.1) is 0 Å². The minimum absolute atomic E-state index is 0.226. The number of hydrogen-bond acceptors (Lipinski definition) is 4. The molecule has 3 rings (SSSR count). The predicted molar refractivity (Wildman–Crippen MR) is 110 cm³/mol. The molecular formula is C21H15BrClNO3. The Morgan fingerprint density at radius 3 is 2.37 bits per heavy atom. The Morgan fingerprint density at radius 1 is 1.00 bits per heavy atom. The first-order valence-electron chi connectivity index (χ1n) is 8.02. The van der Waals surface area contributed by atoms with E-state index in [-0.39, 0.29) is 5.56 Å². The minimum Gasteiger partial charge on any atom is -0.465 e. The fourth-order valence-electron chi connectivity index (χ4n) is 2.32. The third-order valence-electron chi connectivity index (χ3n) is 3.63. The van der Waals surface area contributed by atoms with Gasteiger partial charge in [-0.2, -0.15) is 0 Å². The van der Waals surface area contributed by atoms with E-state index in [1.54, 1.807) is 12.1 Å². The van der Waals surface area contributed by atoms with Crippen LogP contribution < -0.4 is 4.74 Å². The minimum atomic E-state index is -0.538. The number of esters is 1. The van der Waals surface area contributed by atoms with Gasteiger partial charge in [0, 0.05) is 15.1 Å². The zero-order valence-electron chi connectivity index (χ0n) is 14.4. The van der Waals surface area contributed by atoms with Crippen molar-refractivity contribution < 1.29 is 14.3 Å². The van der Waals surface area contributed by atoms with E-state index in [0.29, 0.717) is 22.4 Å². The van der Waals surface area contributed by atoms with Crippen molar-refractivity contribution in [3.05, 3.63) is 93.4 Å². The summed E-state index contributed by atoms with van der Waals surface area (Å²) in [6.07, 6.45) is 0. The smallest absolute Gasteiger partial charge is 0.341 e. The highest BCUT2D eigenvalue weighted by atomic mass is 79.9. The summed E-state index contributed by atoms with van der Waals surface area (Å²) in [4.78, 5) is 16.7. The number of nitrogens with zero attached hydrogens (tertiary/aromatic N) is 1. The molecule has 3 aromatic rings. The van der Waals surface area contributed by atoms with E-state index in [9.17, 15) is 4.79 Å². The molecule has 0 aromatic heterocycles. The molecule has 0 saturated heterocycles. The molecule has 0 bridgehead atoms. The Morgan fingerprint density at radius 2 is 1.70 bits per heavy atom. The number of benzene rings is 3. The maximum Gasteiger partial charge on any atom is 0.341 e. The summed E-state index contributed by atoms with van der Waals surface area (Å²) in [7, 11) is 1.31. The molecule has 0 spiro atoms. The number of rotatable bonds is 4. The zero-order valence-corrected chi connectivity index (χ0v) is 16.7. The van der Waals surface area contributed by atoms with E-state index in [0.717, 1.165) is 10.0 Å².